The van der Waals surface area contributed by atoms with Crippen molar-refractivity contribution < 1.29 is 4.42 Å². The molecule has 0 saturated heterocycles. The molecule has 10 rings (SSSR count). The second-order valence-corrected chi connectivity index (χ2v) is 14.9. The van der Waals surface area contributed by atoms with Gasteiger partial charge in [0.25, 0.3) is 0 Å². The fourth-order valence-corrected chi connectivity index (χ4v) is 9.04. The van der Waals surface area contributed by atoms with Gasteiger partial charge < -0.3 is 9.32 Å². The number of para-hydroxylation sites is 1. The van der Waals surface area contributed by atoms with Crippen molar-refractivity contribution in [2.24, 2.45) is 0 Å². The first-order valence-corrected chi connectivity index (χ1v) is 17.6. The number of furan rings is 1. The highest BCUT2D eigenvalue weighted by molar-refractivity contribution is 6.15. The molecule has 1 aromatic heterocycles. The summed E-state index contributed by atoms with van der Waals surface area (Å²) in [6.07, 6.45) is 0. The number of rotatable bonds is 4. The standard InChI is InChI=1S/C48H37NO/c1-47(2)38-18-10-8-15-34(38)35-26-25-33(29-40(35)47)49(32-23-21-31(22-24-32)30-13-6-5-7-14-30)41-19-12-17-37-44-39(48(3,4)46(37)41)27-28-43-45(44)36-16-9-11-20-42(36)50-43/h5-29H,1-4H3. The lowest BCUT2D eigenvalue weighted by molar-refractivity contribution is 0.656. The van der Waals surface area contributed by atoms with Crippen LogP contribution in [-0.4, -0.2) is 0 Å². The Labute approximate surface area is 293 Å². The molecular weight excluding hydrogens is 607 g/mol. The fraction of sp³-hybridized carbons (Fsp3) is 0.125. The first-order chi connectivity index (χ1) is 24.3. The van der Waals surface area contributed by atoms with Gasteiger partial charge in [-0.05, 0) is 98.1 Å². The average Bonchev–Trinajstić information content (AvgIpc) is 3.72. The molecule has 0 spiro atoms. The molecule has 0 amide bonds. The summed E-state index contributed by atoms with van der Waals surface area (Å²) in [5.41, 5.74) is 18.1. The Morgan fingerprint density at radius 1 is 0.460 bits per heavy atom. The van der Waals surface area contributed by atoms with E-state index in [-0.39, 0.29) is 10.8 Å². The zero-order valence-corrected chi connectivity index (χ0v) is 28.8. The molecule has 0 N–H and O–H groups in total. The van der Waals surface area contributed by atoms with Crippen LogP contribution in [0.1, 0.15) is 49.9 Å². The van der Waals surface area contributed by atoms with Gasteiger partial charge in [0.05, 0.1) is 5.69 Å². The number of nitrogens with zero attached hydrogens (tertiary/aromatic N) is 1. The van der Waals surface area contributed by atoms with Crippen LogP contribution >= 0.6 is 0 Å². The van der Waals surface area contributed by atoms with Crippen molar-refractivity contribution in [3.63, 3.8) is 0 Å². The van der Waals surface area contributed by atoms with Crippen molar-refractivity contribution in [1.29, 1.82) is 0 Å². The van der Waals surface area contributed by atoms with Crippen molar-refractivity contribution in [3.8, 4) is 33.4 Å². The lowest BCUT2D eigenvalue weighted by atomic mass is 9.80. The fourth-order valence-electron chi connectivity index (χ4n) is 9.04. The van der Waals surface area contributed by atoms with Gasteiger partial charge in [-0.2, -0.15) is 0 Å². The van der Waals surface area contributed by atoms with Crippen LogP contribution in [0.25, 0.3) is 55.3 Å². The zero-order valence-electron chi connectivity index (χ0n) is 28.8. The smallest absolute Gasteiger partial charge is 0.136 e. The van der Waals surface area contributed by atoms with Crippen molar-refractivity contribution in [2.45, 2.75) is 38.5 Å². The highest BCUT2D eigenvalue weighted by Crippen LogP contribution is 2.58. The Morgan fingerprint density at radius 2 is 1.14 bits per heavy atom. The lowest BCUT2D eigenvalue weighted by Crippen LogP contribution is -2.21. The van der Waals surface area contributed by atoms with Gasteiger partial charge in [0.1, 0.15) is 11.2 Å². The molecule has 0 bridgehead atoms. The third-order valence-corrected chi connectivity index (χ3v) is 11.5. The molecule has 2 aliphatic carbocycles. The molecule has 1 heterocycles. The topological polar surface area (TPSA) is 16.4 Å². The average molecular weight is 644 g/mol. The number of hydrogen-bond donors (Lipinski definition) is 0. The van der Waals surface area contributed by atoms with Gasteiger partial charge in [-0.25, -0.2) is 0 Å². The minimum Gasteiger partial charge on any atom is -0.456 e. The van der Waals surface area contributed by atoms with Gasteiger partial charge in [-0.1, -0.05) is 137 Å². The molecule has 0 radical (unpaired) electrons. The van der Waals surface area contributed by atoms with Gasteiger partial charge in [0.15, 0.2) is 0 Å². The minimum atomic E-state index is -0.248. The summed E-state index contributed by atoms with van der Waals surface area (Å²) < 4.78 is 6.40. The number of hydrogen-bond acceptors (Lipinski definition) is 2. The molecule has 2 aliphatic rings. The Kier molecular flexibility index (Phi) is 6.01. The van der Waals surface area contributed by atoms with E-state index < -0.39 is 0 Å². The first kappa shape index (κ1) is 29.1. The largest absolute Gasteiger partial charge is 0.456 e. The molecular formula is C48H37NO. The Balaban J connectivity index is 1.22. The summed E-state index contributed by atoms with van der Waals surface area (Å²) in [5, 5.41) is 2.38. The van der Waals surface area contributed by atoms with Crippen LogP contribution in [0.4, 0.5) is 17.1 Å². The van der Waals surface area contributed by atoms with Crippen LogP contribution in [0.3, 0.4) is 0 Å². The molecule has 50 heavy (non-hydrogen) atoms. The maximum Gasteiger partial charge on any atom is 0.136 e. The van der Waals surface area contributed by atoms with Crippen LogP contribution in [0, 0.1) is 0 Å². The van der Waals surface area contributed by atoms with Crippen LogP contribution in [0.2, 0.25) is 0 Å². The van der Waals surface area contributed by atoms with E-state index in [1.54, 1.807) is 0 Å². The maximum atomic E-state index is 6.40. The molecule has 240 valence electrons. The Bertz CT molecular complexity index is 2640. The van der Waals surface area contributed by atoms with E-state index in [2.05, 4.69) is 184 Å². The molecule has 2 nitrogen and oxygen atoms in total. The summed E-state index contributed by atoms with van der Waals surface area (Å²) >= 11 is 0. The number of benzene rings is 7. The van der Waals surface area contributed by atoms with Gasteiger partial charge in [0, 0.05) is 33.0 Å². The van der Waals surface area contributed by atoms with Crippen LogP contribution in [-0.2, 0) is 10.8 Å². The summed E-state index contributed by atoms with van der Waals surface area (Å²) in [5.74, 6) is 0. The monoisotopic (exact) mass is 643 g/mol. The zero-order chi connectivity index (χ0) is 33.8. The highest BCUT2D eigenvalue weighted by atomic mass is 16.3. The summed E-state index contributed by atoms with van der Waals surface area (Å²) in [4.78, 5) is 2.49. The van der Waals surface area contributed by atoms with E-state index in [4.69, 9.17) is 4.42 Å². The van der Waals surface area contributed by atoms with E-state index in [1.807, 2.05) is 0 Å². The second kappa shape index (κ2) is 10.3. The van der Waals surface area contributed by atoms with Crippen LogP contribution in [0.5, 0.6) is 0 Å². The third kappa shape index (κ3) is 3.96. The minimum absolute atomic E-state index is 0.104. The molecule has 0 atom stereocenters. The predicted octanol–water partition coefficient (Wildman–Crippen LogP) is 13.3. The predicted molar refractivity (Wildman–Crippen MR) is 209 cm³/mol. The second-order valence-electron chi connectivity index (χ2n) is 14.9. The molecule has 0 fully saturated rings. The van der Waals surface area contributed by atoms with Crippen molar-refractivity contribution in [2.75, 3.05) is 4.90 Å². The molecule has 2 heteroatoms. The molecule has 7 aromatic carbocycles. The normalized spacial score (nSPS) is 14.7. The summed E-state index contributed by atoms with van der Waals surface area (Å²) in [7, 11) is 0. The van der Waals surface area contributed by atoms with Crippen molar-refractivity contribution >= 4 is 39.0 Å². The number of anilines is 3. The van der Waals surface area contributed by atoms with E-state index in [1.165, 1.54) is 72.1 Å². The Hall–Kier alpha value is -5.86. The quantitative estimate of drug-likeness (QED) is 0.190. The highest BCUT2D eigenvalue weighted by Gasteiger charge is 2.41. The molecule has 8 aromatic rings. The lowest BCUT2D eigenvalue weighted by Gasteiger charge is -2.33. The summed E-state index contributed by atoms with van der Waals surface area (Å²) in [6, 6.07) is 55.5. The maximum absolute atomic E-state index is 6.40. The van der Waals surface area contributed by atoms with Crippen molar-refractivity contribution in [3.05, 3.63) is 174 Å². The van der Waals surface area contributed by atoms with Crippen LogP contribution < -0.4 is 4.90 Å². The molecule has 0 aliphatic heterocycles. The molecule has 0 unspecified atom stereocenters. The van der Waals surface area contributed by atoms with E-state index >= 15 is 0 Å². The van der Waals surface area contributed by atoms with Gasteiger partial charge >= 0.3 is 0 Å². The third-order valence-electron chi connectivity index (χ3n) is 11.5. The summed E-state index contributed by atoms with van der Waals surface area (Å²) in [6.45, 7) is 9.49. The van der Waals surface area contributed by atoms with Crippen molar-refractivity contribution in [1.82, 2.24) is 0 Å². The first-order valence-electron chi connectivity index (χ1n) is 17.6. The van der Waals surface area contributed by atoms with E-state index in [0.29, 0.717) is 0 Å². The number of fused-ring (bicyclic) bond motifs is 10. The van der Waals surface area contributed by atoms with Gasteiger partial charge in [-0.3, -0.25) is 0 Å². The van der Waals surface area contributed by atoms with Gasteiger partial charge in [-0.15, -0.1) is 0 Å². The Morgan fingerprint density at radius 3 is 1.98 bits per heavy atom. The van der Waals surface area contributed by atoms with Gasteiger partial charge in [0.2, 0.25) is 0 Å². The van der Waals surface area contributed by atoms with E-state index in [9.17, 15) is 0 Å². The van der Waals surface area contributed by atoms with E-state index in [0.717, 1.165) is 22.5 Å². The SMILES string of the molecule is CC1(C)c2ccccc2-c2ccc(N(c3ccc(-c4ccccc4)cc3)c3cccc4c3C(C)(C)c3ccc5oc6ccccc6c5c3-4)cc21. The van der Waals surface area contributed by atoms with Crippen LogP contribution in [0.15, 0.2) is 156 Å². The molecule has 0 saturated carbocycles.